The molecule has 0 radical (unpaired) electrons. The van der Waals surface area contributed by atoms with E-state index in [1.807, 2.05) is 0 Å². The molecule has 78 valence electrons. The first-order valence-corrected chi connectivity index (χ1v) is 5.99. The van der Waals surface area contributed by atoms with Crippen LogP contribution in [0.3, 0.4) is 0 Å². The molecule has 2 heteroatoms. The Labute approximate surface area is 95.0 Å². The maximum Gasteiger partial charge on any atom is 0.0249 e. The van der Waals surface area contributed by atoms with Gasteiger partial charge in [0.15, 0.2) is 0 Å². The number of nitrogens with one attached hydrogen (secondary N) is 1. The maximum absolute atomic E-state index is 3.61. The highest BCUT2D eigenvalue weighted by atomic mass is 79.9. The molecule has 0 atom stereocenters. The van der Waals surface area contributed by atoms with Gasteiger partial charge in [-0.3, -0.25) is 0 Å². The van der Waals surface area contributed by atoms with Crippen LogP contribution in [0.1, 0.15) is 30.9 Å². The van der Waals surface area contributed by atoms with E-state index in [4.69, 9.17) is 0 Å². The summed E-state index contributed by atoms with van der Waals surface area (Å²) in [5.41, 5.74) is 2.65. The highest BCUT2D eigenvalue weighted by molar-refractivity contribution is 9.10. The van der Waals surface area contributed by atoms with Crippen LogP contribution in [-0.2, 0) is 6.54 Å². The van der Waals surface area contributed by atoms with Gasteiger partial charge in [0.1, 0.15) is 0 Å². The third-order valence-corrected chi connectivity index (χ3v) is 3.43. The van der Waals surface area contributed by atoms with Crippen molar-refractivity contribution in [2.24, 2.45) is 0 Å². The van der Waals surface area contributed by atoms with Crippen molar-refractivity contribution in [3.63, 3.8) is 0 Å². The minimum absolute atomic E-state index is 0.961. The number of unbranched alkanes of at least 4 members (excludes halogenated alkanes) is 1. The zero-order valence-corrected chi connectivity index (χ0v) is 10.5. The first-order chi connectivity index (χ1) is 6.75. The molecule has 0 fully saturated rings. The molecule has 14 heavy (non-hydrogen) atoms. The highest BCUT2D eigenvalue weighted by Crippen LogP contribution is 2.20. The molecule has 0 saturated heterocycles. The summed E-state index contributed by atoms with van der Waals surface area (Å²) in [5.74, 6) is 0. The molecular formula is C12H18BrN. The Hall–Kier alpha value is -0.340. The minimum atomic E-state index is 0.961. The Kier molecular flexibility index (Phi) is 5.20. The Morgan fingerprint density at radius 1 is 1.36 bits per heavy atom. The van der Waals surface area contributed by atoms with Gasteiger partial charge in [-0.15, -0.1) is 0 Å². The van der Waals surface area contributed by atoms with Crippen molar-refractivity contribution >= 4 is 15.9 Å². The molecule has 0 aliphatic heterocycles. The van der Waals surface area contributed by atoms with Crippen molar-refractivity contribution in [2.45, 2.75) is 33.2 Å². The van der Waals surface area contributed by atoms with Crippen LogP contribution in [0, 0.1) is 6.92 Å². The van der Waals surface area contributed by atoms with E-state index in [1.54, 1.807) is 0 Å². The predicted octanol–water partition coefficient (Wildman–Crippen LogP) is 3.65. The fraction of sp³-hybridized carbons (Fsp3) is 0.500. The number of hydrogen-bond acceptors (Lipinski definition) is 1. The summed E-state index contributed by atoms with van der Waals surface area (Å²) >= 11 is 3.61. The van der Waals surface area contributed by atoms with Crippen molar-refractivity contribution in [1.29, 1.82) is 0 Å². The van der Waals surface area contributed by atoms with Crippen LogP contribution in [0.5, 0.6) is 0 Å². The number of rotatable bonds is 5. The van der Waals surface area contributed by atoms with E-state index >= 15 is 0 Å². The van der Waals surface area contributed by atoms with Crippen LogP contribution in [0.25, 0.3) is 0 Å². The quantitative estimate of drug-likeness (QED) is 0.793. The SMILES string of the molecule is CCCCNCc1cccc(C)c1Br. The Morgan fingerprint density at radius 3 is 2.86 bits per heavy atom. The lowest BCUT2D eigenvalue weighted by Crippen LogP contribution is -2.14. The molecule has 0 spiro atoms. The normalized spacial score (nSPS) is 10.5. The summed E-state index contributed by atoms with van der Waals surface area (Å²) in [6.07, 6.45) is 2.51. The van der Waals surface area contributed by atoms with Crippen molar-refractivity contribution in [3.05, 3.63) is 33.8 Å². The fourth-order valence-electron chi connectivity index (χ4n) is 1.37. The predicted molar refractivity (Wildman–Crippen MR) is 65.5 cm³/mol. The molecule has 1 N–H and O–H groups in total. The van der Waals surface area contributed by atoms with E-state index in [-0.39, 0.29) is 0 Å². The van der Waals surface area contributed by atoms with Crippen LogP contribution in [-0.4, -0.2) is 6.54 Å². The average Bonchev–Trinajstić information content (AvgIpc) is 2.19. The highest BCUT2D eigenvalue weighted by Gasteiger charge is 2.00. The summed E-state index contributed by atoms with van der Waals surface area (Å²) < 4.78 is 1.24. The molecule has 0 heterocycles. The first kappa shape index (κ1) is 11.7. The van der Waals surface area contributed by atoms with Crippen LogP contribution >= 0.6 is 15.9 Å². The summed E-state index contributed by atoms with van der Waals surface area (Å²) in [6.45, 7) is 6.41. The lowest BCUT2D eigenvalue weighted by molar-refractivity contribution is 0.640. The molecule has 1 nitrogen and oxygen atoms in total. The van der Waals surface area contributed by atoms with Crippen molar-refractivity contribution < 1.29 is 0 Å². The van der Waals surface area contributed by atoms with Gasteiger partial charge in [-0.2, -0.15) is 0 Å². The van der Waals surface area contributed by atoms with Crippen molar-refractivity contribution in [1.82, 2.24) is 5.32 Å². The Morgan fingerprint density at radius 2 is 2.14 bits per heavy atom. The van der Waals surface area contributed by atoms with Crippen LogP contribution < -0.4 is 5.32 Å². The molecule has 0 saturated carbocycles. The molecule has 0 bridgehead atoms. The monoisotopic (exact) mass is 255 g/mol. The minimum Gasteiger partial charge on any atom is -0.313 e. The molecule has 0 aliphatic carbocycles. The second kappa shape index (κ2) is 6.20. The molecule has 0 aliphatic rings. The smallest absolute Gasteiger partial charge is 0.0249 e. The Bertz CT molecular complexity index is 284. The van der Waals surface area contributed by atoms with E-state index in [2.05, 4.69) is 53.3 Å². The summed E-state index contributed by atoms with van der Waals surface area (Å²) in [5, 5.41) is 3.44. The molecule has 1 aromatic carbocycles. The van der Waals surface area contributed by atoms with Crippen LogP contribution in [0.2, 0.25) is 0 Å². The van der Waals surface area contributed by atoms with Crippen molar-refractivity contribution in [2.75, 3.05) is 6.54 Å². The zero-order chi connectivity index (χ0) is 10.4. The van der Waals surface area contributed by atoms with Crippen LogP contribution in [0.4, 0.5) is 0 Å². The number of benzene rings is 1. The second-order valence-electron chi connectivity index (χ2n) is 3.58. The van der Waals surface area contributed by atoms with Crippen LogP contribution in [0.15, 0.2) is 22.7 Å². The van der Waals surface area contributed by atoms with Gasteiger partial charge in [0.2, 0.25) is 0 Å². The van der Waals surface area contributed by atoms with Gasteiger partial charge in [0, 0.05) is 11.0 Å². The van der Waals surface area contributed by atoms with Gasteiger partial charge in [-0.1, -0.05) is 47.5 Å². The van der Waals surface area contributed by atoms with E-state index < -0.39 is 0 Å². The number of aryl methyl sites for hydroxylation is 1. The van der Waals surface area contributed by atoms with Gasteiger partial charge in [-0.25, -0.2) is 0 Å². The summed E-state index contributed by atoms with van der Waals surface area (Å²) in [7, 11) is 0. The van der Waals surface area contributed by atoms with E-state index in [1.165, 1.54) is 28.4 Å². The fourth-order valence-corrected chi connectivity index (χ4v) is 1.77. The van der Waals surface area contributed by atoms with Gasteiger partial charge in [0.05, 0.1) is 0 Å². The maximum atomic E-state index is 3.61. The molecule has 0 amide bonds. The zero-order valence-electron chi connectivity index (χ0n) is 8.94. The second-order valence-corrected chi connectivity index (χ2v) is 4.37. The Balaban J connectivity index is 2.46. The third-order valence-electron chi connectivity index (χ3n) is 2.29. The lowest BCUT2D eigenvalue weighted by atomic mass is 10.1. The molecule has 1 aromatic rings. The third kappa shape index (κ3) is 3.43. The standard InChI is InChI=1S/C12H18BrN/c1-3-4-8-14-9-11-7-5-6-10(2)12(11)13/h5-7,14H,3-4,8-9H2,1-2H3. The largest absolute Gasteiger partial charge is 0.313 e. The van der Waals surface area contributed by atoms with Crippen molar-refractivity contribution in [3.8, 4) is 0 Å². The molecular weight excluding hydrogens is 238 g/mol. The number of hydrogen-bond donors (Lipinski definition) is 1. The van der Waals surface area contributed by atoms with Gasteiger partial charge in [0.25, 0.3) is 0 Å². The summed E-state index contributed by atoms with van der Waals surface area (Å²) in [6, 6.07) is 6.40. The average molecular weight is 256 g/mol. The lowest BCUT2D eigenvalue weighted by Gasteiger charge is -2.08. The molecule has 0 unspecified atom stereocenters. The first-order valence-electron chi connectivity index (χ1n) is 5.20. The van der Waals surface area contributed by atoms with E-state index in [0.717, 1.165) is 13.1 Å². The van der Waals surface area contributed by atoms with Gasteiger partial charge >= 0.3 is 0 Å². The van der Waals surface area contributed by atoms with Gasteiger partial charge < -0.3 is 5.32 Å². The van der Waals surface area contributed by atoms with E-state index in [9.17, 15) is 0 Å². The number of halogens is 1. The van der Waals surface area contributed by atoms with E-state index in [0.29, 0.717) is 0 Å². The summed E-state index contributed by atoms with van der Waals surface area (Å²) in [4.78, 5) is 0. The molecule has 1 rings (SSSR count). The topological polar surface area (TPSA) is 12.0 Å². The molecule has 0 aromatic heterocycles. The van der Waals surface area contributed by atoms with Gasteiger partial charge in [-0.05, 0) is 31.0 Å².